The van der Waals surface area contributed by atoms with Gasteiger partial charge in [-0.2, -0.15) is 5.10 Å². The van der Waals surface area contributed by atoms with Gasteiger partial charge in [0.05, 0.1) is 16.3 Å². The first-order chi connectivity index (χ1) is 17.7. The number of hydrogen-bond acceptors (Lipinski definition) is 7. The number of alkyl halides is 1. The van der Waals surface area contributed by atoms with Crippen molar-refractivity contribution >= 4 is 57.7 Å². The number of amides is 3. The number of halogens is 1. The molecule has 3 aromatic rings. The van der Waals surface area contributed by atoms with Crippen molar-refractivity contribution in [1.82, 2.24) is 5.32 Å². The van der Waals surface area contributed by atoms with Crippen molar-refractivity contribution in [3.63, 3.8) is 0 Å². The van der Waals surface area contributed by atoms with Crippen LogP contribution in [0.3, 0.4) is 0 Å². The number of benzene rings is 3. The van der Waals surface area contributed by atoms with Crippen LogP contribution in [0.2, 0.25) is 0 Å². The molecule has 0 atom stereocenters. The molecular formula is C27H21FN4O4S. The Balaban J connectivity index is 1.47. The molecule has 2 aliphatic heterocycles. The van der Waals surface area contributed by atoms with Crippen molar-refractivity contribution in [2.75, 3.05) is 10.3 Å². The lowest BCUT2D eigenvalue weighted by Crippen LogP contribution is -2.26. The highest BCUT2D eigenvalue weighted by atomic mass is 32.2. The summed E-state index contributed by atoms with van der Waals surface area (Å²) in [5, 5.41) is 16.5. The quantitative estimate of drug-likeness (QED) is 0.241. The Bertz CT molecular complexity index is 1530. The van der Waals surface area contributed by atoms with Crippen molar-refractivity contribution in [2.24, 2.45) is 5.10 Å². The summed E-state index contributed by atoms with van der Waals surface area (Å²) >= 11 is 0.779. The summed E-state index contributed by atoms with van der Waals surface area (Å²) in [4.78, 5) is 38.4. The van der Waals surface area contributed by atoms with Crippen LogP contribution in [0.15, 0.2) is 64.6 Å². The van der Waals surface area contributed by atoms with Gasteiger partial charge in [0.1, 0.15) is 12.4 Å². The lowest BCUT2D eigenvalue weighted by Gasteiger charge is -2.18. The molecule has 8 nitrogen and oxygen atoms in total. The predicted octanol–water partition coefficient (Wildman–Crippen LogP) is 5.30. The number of rotatable bonds is 5. The zero-order valence-corrected chi connectivity index (χ0v) is 20.6. The van der Waals surface area contributed by atoms with E-state index in [9.17, 15) is 23.9 Å². The molecule has 37 heavy (non-hydrogen) atoms. The number of nitrogens with zero attached hydrogens (tertiary/aromatic N) is 2. The van der Waals surface area contributed by atoms with E-state index in [4.69, 9.17) is 0 Å². The highest BCUT2D eigenvalue weighted by Crippen LogP contribution is 2.38. The average molecular weight is 517 g/mol. The lowest BCUT2D eigenvalue weighted by molar-refractivity contribution is -0.115. The van der Waals surface area contributed by atoms with Gasteiger partial charge in [-0.05, 0) is 84.3 Å². The van der Waals surface area contributed by atoms with Crippen LogP contribution in [0, 0.1) is 13.8 Å². The van der Waals surface area contributed by atoms with Crippen LogP contribution >= 0.6 is 11.8 Å². The summed E-state index contributed by atoms with van der Waals surface area (Å²) in [6.45, 7) is 3.20. The van der Waals surface area contributed by atoms with E-state index in [-0.39, 0.29) is 22.1 Å². The minimum Gasteiger partial charge on any atom is -0.506 e. The number of carbonyl (C=O) groups excluding carboxylic acids is 3. The number of anilines is 3. The molecule has 5 rings (SSSR count). The lowest BCUT2D eigenvalue weighted by atomic mass is 10.1. The molecule has 10 heteroatoms. The van der Waals surface area contributed by atoms with E-state index in [1.807, 2.05) is 32.0 Å². The molecule has 0 spiro atoms. The van der Waals surface area contributed by atoms with Gasteiger partial charge in [-0.25, -0.2) is 4.39 Å². The molecule has 1 fully saturated rings. The standard InChI is InChI=1S/C27H21FN4O4S/c1-14-7-15(2)9-18(8-14)32-21-10-17(13-28)3-5-19(21)24(26(32)35)31-30-20-6-4-16(11-22(20)33)12-23-25(34)29-27(36)37-23/h3-12,30,33H,13H2,1-2H3,(H,29,34,36)/b23-12-,31-24-. The molecule has 3 amide bonds. The smallest absolute Gasteiger partial charge is 0.290 e. The van der Waals surface area contributed by atoms with E-state index in [1.54, 1.807) is 30.3 Å². The fraction of sp³-hybridized carbons (Fsp3) is 0.111. The summed E-state index contributed by atoms with van der Waals surface area (Å²) in [6, 6.07) is 15.2. The Hall–Kier alpha value is -4.44. The maximum absolute atomic E-state index is 13.5. The van der Waals surface area contributed by atoms with Crippen LogP contribution in [0.4, 0.5) is 26.2 Å². The third kappa shape index (κ3) is 4.70. The fourth-order valence-electron chi connectivity index (χ4n) is 4.24. The van der Waals surface area contributed by atoms with Crippen molar-refractivity contribution in [3.05, 3.63) is 87.3 Å². The van der Waals surface area contributed by atoms with Crippen molar-refractivity contribution < 1.29 is 23.9 Å². The summed E-state index contributed by atoms with van der Waals surface area (Å²) in [6.07, 6.45) is 1.49. The van der Waals surface area contributed by atoms with E-state index in [0.29, 0.717) is 28.1 Å². The number of phenols is 1. The molecule has 2 heterocycles. The van der Waals surface area contributed by atoms with Crippen LogP contribution < -0.4 is 15.6 Å². The van der Waals surface area contributed by atoms with Gasteiger partial charge >= 0.3 is 0 Å². The van der Waals surface area contributed by atoms with E-state index >= 15 is 0 Å². The maximum Gasteiger partial charge on any atom is 0.290 e. The first-order valence-corrected chi connectivity index (χ1v) is 12.1. The molecule has 0 unspecified atom stereocenters. The molecule has 0 bridgehead atoms. The van der Waals surface area contributed by atoms with Crippen molar-refractivity contribution in [1.29, 1.82) is 0 Å². The van der Waals surface area contributed by atoms with E-state index in [0.717, 1.165) is 22.9 Å². The van der Waals surface area contributed by atoms with Crippen LogP contribution in [-0.4, -0.2) is 27.9 Å². The molecule has 3 aromatic carbocycles. The van der Waals surface area contributed by atoms with Gasteiger partial charge in [-0.1, -0.05) is 24.3 Å². The molecule has 0 saturated carbocycles. The average Bonchev–Trinajstić information content (AvgIpc) is 3.31. The summed E-state index contributed by atoms with van der Waals surface area (Å²) in [5.74, 6) is -1.05. The van der Waals surface area contributed by atoms with Gasteiger partial charge in [-0.15, -0.1) is 0 Å². The predicted molar refractivity (Wildman–Crippen MR) is 142 cm³/mol. The normalized spacial score (nSPS) is 17.1. The number of hydrogen-bond donors (Lipinski definition) is 3. The largest absolute Gasteiger partial charge is 0.506 e. The zero-order valence-electron chi connectivity index (χ0n) is 19.8. The topological polar surface area (TPSA) is 111 Å². The molecule has 3 N–H and O–H groups in total. The Morgan fingerprint density at radius 3 is 2.46 bits per heavy atom. The zero-order chi connectivity index (χ0) is 26.3. The number of aryl methyl sites for hydroxylation is 2. The SMILES string of the molecule is Cc1cc(C)cc(N2C(=O)/C(=N\Nc3ccc(/C=C4\SC(=O)NC4=O)cc3O)c3ccc(CF)cc32)c1. The van der Waals surface area contributed by atoms with Crippen molar-refractivity contribution in [3.8, 4) is 5.75 Å². The van der Waals surface area contributed by atoms with Gasteiger partial charge in [0.15, 0.2) is 5.71 Å². The number of carbonyl (C=O) groups is 3. The maximum atomic E-state index is 13.5. The molecule has 1 saturated heterocycles. The van der Waals surface area contributed by atoms with Gasteiger partial charge in [0.25, 0.3) is 17.1 Å². The van der Waals surface area contributed by atoms with Gasteiger partial charge < -0.3 is 5.11 Å². The van der Waals surface area contributed by atoms with Gasteiger partial charge in [0, 0.05) is 11.3 Å². The second-order valence-electron chi connectivity index (χ2n) is 8.67. The van der Waals surface area contributed by atoms with Crippen LogP contribution in [0.1, 0.15) is 27.8 Å². The second kappa shape index (κ2) is 9.55. The van der Waals surface area contributed by atoms with Crippen LogP contribution in [0.5, 0.6) is 5.75 Å². The third-order valence-corrected chi connectivity index (χ3v) is 6.64. The Morgan fingerprint density at radius 2 is 1.81 bits per heavy atom. The third-order valence-electron chi connectivity index (χ3n) is 5.83. The molecule has 0 radical (unpaired) electrons. The first kappa shape index (κ1) is 24.3. The number of fused-ring (bicyclic) bond motifs is 1. The number of thioether (sulfide) groups is 1. The number of nitrogens with one attached hydrogen (secondary N) is 2. The summed E-state index contributed by atoms with van der Waals surface area (Å²) in [7, 11) is 0. The molecular weight excluding hydrogens is 495 g/mol. The number of phenolic OH excluding ortho intramolecular Hbond substituents is 1. The molecule has 186 valence electrons. The molecule has 0 aromatic heterocycles. The number of hydrazone groups is 1. The van der Waals surface area contributed by atoms with E-state index < -0.39 is 23.7 Å². The number of aromatic hydroxyl groups is 1. The Kier molecular flexibility index (Phi) is 6.26. The van der Waals surface area contributed by atoms with Crippen LogP contribution in [-0.2, 0) is 16.3 Å². The minimum absolute atomic E-state index is 0.114. The van der Waals surface area contributed by atoms with Crippen LogP contribution in [0.25, 0.3) is 6.08 Å². The van der Waals surface area contributed by atoms with E-state index in [2.05, 4.69) is 15.8 Å². The minimum atomic E-state index is -0.669. The van der Waals surface area contributed by atoms with Crippen molar-refractivity contribution in [2.45, 2.75) is 20.5 Å². The first-order valence-electron chi connectivity index (χ1n) is 11.3. The fourth-order valence-corrected chi connectivity index (χ4v) is 4.92. The second-order valence-corrected chi connectivity index (χ2v) is 9.69. The Morgan fingerprint density at radius 1 is 1.05 bits per heavy atom. The highest BCUT2D eigenvalue weighted by Gasteiger charge is 2.36. The van der Waals surface area contributed by atoms with E-state index in [1.165, 1.54) is 17.0 Å². The van der Waals surface area contributed by atoms with Gasteiger partial charge in [0.2, 0.25) is 0 Å². The molecule has 0 aliphatic carbocycles. The summed E-state index contributed by atoms with van der Waals surface area (Å²) < 4.78 is 13.4. The van der Waals surface area contributed by atoms with Gasteiger partial charge in [-0.3, -0.25) is 30.0 Å². The molecule has 2 aliphatic rings. The highest BCUT2D eigenvalue weighted by molar-refractivity contribution is 8.18. The monoisotopic (exact) mass is 516 g/mol. The number of imide groups is 1. The summed E-state index contributed by atoms with van der Waals surface area (Å²) in [5.41, 5.74) is 7.70. The Labute approximate surface area is 215 Å².